The first-order valence-corrected chi connectivity index (χ1v) is 7.40. The number of nitrogens with one attached hydrogen (secondary N) is 1. The number of hydrogen-bond donors (Lipinski definition) is 2. The van der Waals surface area contributed by atoms with Crippen LogP contribution in [0.5, 0.6) is 0 Å². The van der Waals surface area contributed by atoms with Crippen molar-refractivity contribution in [1.82, 2.24) is 10.3 Å². The molecule has 0 atom stereocenters. The maximum absolute atomic E-state index is 5.68. The van der Waals surface area contributed by atoms with Gasteiger partial charge in [-0.05, 0) is 37.5 Å². The number of nitrogens with zero attached hydrogens (tertiary/aromatic N) is 2. The van der Waals surface area contributed by atoms with E-state index in [1.807, 2.05) is 0 Å². The smallest absolute Gasteiger partial charge is 0.208 e. The van der Waals surface area contributed by atoms with Gasteiger partial charge in [0.1, 0.15) is 0 Å². The molecule has 0 bridgehead atoms. The van der Waals surface area contributed by atoms with Crippen LogP contribution in [0.15, 0.2) is 4.99 Å². The average molecular weight is 252 g/mol. The van der Waals surface area contributed by atoms with Crippen molar-refractivity contribution in [3.05, 3.63) is 0 Å². The van der Waals surface area contributed by atoms with Crippen LogP contribution in [0.3, 0.4) is 0 Å². The molecule has 1 saturated heterocycles. The molecule has 0 aromatic carbocycles. The van der Waals surface area contributed by atoms with Gasteiger partial charge >= 0.3 is 0 Å². The molecule has 0 amide bonds. The maximum atomic E-state index is 5.68. The van der Waals surface area contributed by atoms with Crippen LogP contribution in [-0.2, 0) is 0 Å². The highest BCUT2D eigenvalue weighted by molar-refractivity contribution is 5.79. The summed E-state index contributed by atoms with van der Waals surface area (Å²) in [6.07, 6.45) is 8.84. The van der Waals surface area contributed by atoms with Crippen molar-refractivity contribution in [3.63, 3.8) is 0 Å². The third-order valence-electron chi connectivity index (χ3n) is 4.40. The highest BCUT2D eigenvalue weighted by atomic mass is 15.4. The van der Waals surface area contributed by atoms with E-state index in [-0.39, 0.29) is 0 Å². The highest BCUT2D eigenvalue weighted by Crippen LogP contribution is 2.30. The van der Waals surface area contributed by atoms with Crippen LogP contribution in [0, 0.1) is 5.41 Å². The fourth-order valence-electron chi connectivity index (χ4n) is 3.05. The van der Waals surface area contributed by atoms with Crippen LogP contribution in [0.25, 0.3) is 0 Å². The van der Waals surface area contributed by atoms with E-state index >= 15 is 0 Å². The highest BCUT2D eigenvalue weighted by Gasteiger charge is 2.25. The fourth-order valence-corrected chi connectivity index (χ4v) is 3.05. The third kappa shape index (κ3) is 3.61. The minimum atomic E-state index is 0.460. The Balaban J connectivity index is 1.98. The van der Waals surface area contributed by atoms with E-state index in [2.05, 4.69) is 24.2 Å². The molecule has 0 aromatic heterocycles. The SMILES string of the molecule is CC1(C)CCCN(C(=NC2CCCC2)NN)CC1. The van der Waals surface area contributed by atoms with Crippen LogP contribution in [0.1, 0.15) is 58.8 Å². The molecule has 104 valence electrons. The molecule has 3 N–H and O–H groups in total. The molecule has 18 heavy (non-hydrogen) atoms. The second kappa shape index (κ2) is 5.91. The van der Waals surface area contributed by atoms with Crippen molar-refractivity contribution in [2.75, 3.05) is 13.1 Å². The molecule has 2 rings (SSSR count). The number of rotatable bonds is 1. The molecule has 1 aliphatic carbocycles. The predicted molar refractivity (Wildman–Crippen MR) is 76.2 cm³/mol. The van der Waals surface area contributed by atoms with E-state index in [1.165, 1.54) is 44.9 Å². The molecule has 0 spiro atoms. The van der Waals surface area contributed by atoms with Crippen LogP contribution in [0.2, 0.25) is 0 Å². The molecule has 1 saturated carbocycles. The van der Waals surface area contributed by atoms with Crippen molar-refractivity contribution < 1.29 is 0 Å². The average Bonchev–Trinajstić information content (AvgIpc) is 2.77. The molecule has 0 aromatic rings. The Morgan fingerprint density at radius 1 is 1.17 bits per heavy atom. The lowest BCUT2D eigenvalue weighted by molar-refractivity contribution is 0.312. The standard InChI is InChI=1S/C14H28N4/c1-14(2)8-5-10-18(11-9-14)13(17-15)16-12-6-3-4-7-12/h12H,3-11,15H2,1-2H3,(H,16,17). The van der Waals surface area contributed by atoms with Gasteiger partial charge in [-0.3, -0.25) is 5.43 Å². The van der Waals surface area contributed by atoms with Gasteiger partial charge in [-0.15, -0.1) is 0 Å². The topological polar surface area (TPSA) is 53.6 Å². The van der Waals surface area contributed by atoms with Gasteiger partial charge in [0, 0.05) is 13.1 Å². The first-order chi connectivity index (χ1) is 8.61. The van der Waals surface area contributed by atoms with Crippen molar-refractivity contribution in [2.24, 2.45) is 16.3 Å². The fraction of sp³-hybridized carbons (Fsp3) is 0.929. The molecular weight excluding hydrogens is 224 g/mol. The van der Waals surface area contributed by atoms with E-state index in [9.17, 15) is 0 Å². The van der Waals surface area contributed by atoms with Gasteiger partial charge in [0.2, 0.25) is 5.96 Å². The maximum Gasteiger partial charge on any atom is 0.208 e. The minimum absolute atomic E-state index is 0.460. The normalized spacial score (nSPS) is 26.2. The molecule has 2 aliphatic rings. The van der Waals surface area contributed by atoms with Gasteiger partial charge < -0.3 is 4.90 Å². The quantitative estimate of drug-likeness (QED) is 0.326. The summed E-state index contributed by atoms with van der Waals surface area (Å²) in [6.45, 7) is 6.88. The van der Waals surface area contributed by atoms with Crippen LogP contribution in [0.4, 0.5) is 0 Å². The largest absolute Gasteiger partial charge is 0.342 e. The Bertz CT molecular complexity index is 292. The van der Waals surface area contributed by atoms with Gasteiger partial charge in [-0.25, -0.2) is 10.8 Å². The monoisotopic (exact) mass is 252 g/mol. The summed E-state index contributed by atoms with van der Waals surface area (Å²) in [7, 11) is 0. The lowest BCUT2D eigenvalue weighted by Crippen LogP contribution is -2.46. The molecule has 1 aliphatic heterocycles. The first kappa shape index (κ1) is 13.7. The van der Waals surface area contributed by atoms with Crippen LogP contribution >= 0.6 is 0 Å². The summed E-state index contributed by atoms with van der Waals surface area (Å²) < 4.78 is 0. The zero-order chi connectivity index (χ0) is 13.0. The minimum Gasteiger partial charge on any atom is -0.342 e. The molecular formula is C14H28N4. The van der Waals surface area contributed by atoms with Crippen molar-refractivity contribution in [3.8, 4) is 0 Å². The summed E-state index contributed by atoms with van der Waals surface area (Å²) in [5.74, 6) is 6.59. The van der Waals surface area contributed by atoms with Gasteiger partial charge in [0.15, 0.2) is 0 Å². The summed E-state index contributed by atoms with van der Waals surface area (Å²) in [5.41, 5.74) is 3.29. The molecule has 2 fully saturated rings. The Labute approximate surface area is 111 Å². The molecule has 1 heterocycles. The van der Waals surface area contributed by atoms with Gasteiger partial charge in [-0.1, -0.05) is 26.7 Å². The van der Waals surface area contributed by atoms with Gasteiger partial charge in [-0.2, -0.15) is 0 Å². The van der Waals surface area contributed by atoms with E-state index < -0.39 is 0 Å². The second-order valence-corrected chi connectivity index (χ2v) is 6.54. The first-order valence-electron chi connectivity index (χ1n) is 7.40. The van der Waals surface area contributed by atoms with Crippen LogP contribution < -0.4 is 11.3 Å². The number of hydrazine groups is 1. The number of hydrogen-bond acceptors (Lipinski definition) is 2. The lowest BCUT2D eigenvalue weighted by Gasteiger charge is -2.26. The van der Waals surface area contributed by atoms with Gasteiger partial charge in [0.05, 0.1) is 6.04 Å². The number of likely N-dealkylation sites (tertiary alicyclic amines) is 1. The zero-order valence-corrected chi connectivity index (χ0v) is 11.9. The van der Waals surface area contributed by atoms with Crippen molar-refractivity contribution in [1.29, 1.82) is 0 Å². The molecule has 0 unspecified atom stereocenters. The number of guanidine groups is 1. The van der Waals surface area contributed by atoms with Crippen molar-refractivity contribution in [2.45, 2.75) is 64.8 Å². The predicted octanol–water partition coefficient (Wildman–Crippen LogP) is 2.26. The zero-order valence-electron chi connectivity index (χ0n) is 11.9. The Morgan fingerprint density at radius 3 is 2.56 bits per heavy atom. The third-order valence-corrected chi connectivity index (χ3v) is 4.40. The Kier molecular flexibility index (Phi) is 4.49. The number of aliphatic imine (C=N–C) groups is 1. The summed E-state index contributed by atoms with van der Waals surface area (Å²) >= 11 is 0. The summed E-state index contributed by atoms with van der Waals surface area (Å²) in [4.78, 5) is 7.15. The summed E-state index contributed by atoms with van der Waals surface area (Å²) in [5, 5.41) is 0. The molecule has 4 nitrogen and oxygen atoms in total. The van der Waals surface area contributed by atoms with E-state index in [1.54, 1.807) is 0 Å². The lowest BCUT2D eigenvalue weighted by atomic mass is 9.85. The molecule has 0 radical (unpaired) electrons. The Morgan fingerprint density at radius 2 is 1.89 bits per heavy atom. The van der Waals surface area contributed by atoms with Gasteiger partial charge in [0.25, 0.3) is 0 Å². The molecule has 4 heteroatoms. The van der Waals surface area contributed by atoms with E-state index in [0.717, 1.165) is 19.0 Å². The van der Waals surface area contributed by atoms with E-state index in [0.29, 0.717) is 11.5 Å². The van der Waals surface area contributed by atoms with E-state index in [4.69, 9.17) is 10.8 Å². The van der Waals surface area contributed by atoms with Crippen molar-refractivity contribution >= 4 is 5.96 Å². The Hall–Kier alpha value is -0.770. The second-order valence-electron chi connectivity index (χ2n) is 6.54. The summed E-state index contributed by atoms with van der Waals surface area (Å²) in [6, 6.07) is 0.493. The number of nitrogens with two attached hydrogens (primary N) is 1. The van der Waals surface area contributed by atoms with Crippen LogP contribution in [-0.4, -0.2) is 30.0 Å².